The molecule has 0 spiro atoms. The highest BCUT2D eigenvalue weighted by atomic mass is 127. The fraction of sp³-hybridized carbons (Fsp3) is 0.900. The average molecular weight is 509 g/mol. The van der Waals surface area contributed by atoms with Crippen LogP contribution in [0.1, 0.15) is 47.0 Å². The van der Waals surface area contributed by atoms with Gasteiger partial charge in [0.1, 0.15) is 6.54 Å². The second-order valence-electron chi connectivity index (χ2n) is 8.82. The zero-order valence-electron chi connectivity index (χ0n) is 18.7. The van der Waals surface area contributed by atoms with E-state index in [-0.39, 0.29) is 53.5 Å². The van der Waals surface area contributed by atoms with E-state index in [0.717, 1.165) is 25.5 Å². The Kier molecular flexibility index (Phi) is 9.47. The van der Waals surface area contributed by atoms with Crippen LogP contribution in [0.15, 0.2) is 4.99 Å². The lowest BCUT2D eigenvalue weighted by Gasteiger charge is -2.59. The third-order valence-corrected chi connectivity index (χ3v) is 6.87. The lowest BCUT2D eigenvalue weighted by atomic mass is 9.56. The van der Waals surface area contributed by atoms with Crippen LogP contribution >= 0.6 is 24.0 Å². The normalized spacial score (nSPS) is 29.6. The number of carbonyl (C=O) groups is 1. The Hall–Kier alpha value is -0.610. The number of likely N-dealkylation sites (N-methyl/N-ethyl adjacent to an activating group) is 2. The molecule has 28 heavy (non-hydrogen) atoms. The number of rotatable bonds is 7. The molecule has 3 atom stereocenters. The van der Waals surface area contributed by atoms with Crippen LogP contribution in [0.3, 0.4) is 0 Å². The van der Waals surface area contributed by atoms with Crippen molar-refractivity contribution in [1.29, 1.82) is 0 Å². The molecule has 7 nitrogen and oxygen atoms in total. The molecule has 3 unspecified atom stereocenters. The minimum Gasteiger partial charge on any atom is -0.378 e. The number of nitrogens with one attached hydrogen (secondary N) is 2. The van der Waals surface area contributed by atoms with Gasteiger partial charge in [-0.25, -0.2) is 4.99 Å². The molecule has 1 aliphatic carbocycles. The van der Waals surface area contributed by atoms with E-state index < -0.39 is 0 Å². The Labute approximate surface area is 188 Å². The SMILES string of the molecule is CCN1CCCC1CNC(=NCC(=O)N(C)C)NC1CC(C)(OC)C1(C)C.I. The van der Waals surface area contributed by atoms with Gasteiger partial charge >= 0.3 is 0 Å². The highest BCUT2D eigenvalue weighted by Crippen LogP contribution is 2.51. The molecule has 1 aliphatic heterocycles. The van der Waals surface area contributed by atoms with Gasteiger partial charge in [-0.15, -0.1) is 24.0 Å². The summed E-state index contributed by atoms with van der Waals surface area (Å²) in [6.45, 7) is 12.1. The molecule has 2 fully saturated rings. The van der Waals surface area contributed by atoms with E-state index in [1.54, 1.807) is 26.1 Å². The lowest BCUT2D eigenvalue weighted by molar-refractivity contribution is -0.176. The summed E-state index contributed by atoms with van der Waals surface area (Å²) in [5.74, 6) is 0.728. The summed E-state index contributed by atoms with van der Waals surface area (Å²) < 4.78 is 5.73. The van der Waals surface area contributed by atoms with Crippen molar-refractivity contribution in [2.75, 3.05) is 47.4 Å². The highest BCUT2D eigenvalue weighted by molar-refractivity contribution is 14.0. The predicted molar refractivity (Wildman–Crippen MR) is 125 cm³/mol. The van der Waals surface area contributed by atoms with Gasteiger partial charge < -0.3 is 20.3 Å². The number of carbonyl (C=O) groups excluding carboxylic acids is 1. The third-order valence-electron chi connectivity index (χ3n) is 6.87. The maximum Gasteiger partial charge on any atom is 0.243 e. The zero-order valence-corrected chi connectivity index (χ0v) is 21.0. The summed E-state index contributed by atoms with van der Waals surface area (Å²) in [7, 11) is 5.30. The van der Waals surface area contributed by atoms with E-state index in [1.807, 2.05) is 0 Å². The number of halogens is 1. The summed E-state index contributed by atoms with van der Waals surface area (Å²) >= 11 is 0. The van der Waals surface area contributed by atoms with Crippen LogP contribution in [-0.4, -0.2) is 86.7 Å². The van der Waals surface area contributed by atoms with Crippen LogP contribution in [0.2, 0.25) is 0 Å². The maximum atomic E-state index is 12.0. The van der Waals surface area contributed by atoms with Crippen LogP contribution in [0.4, 0.5) is 0 Å². The van der Waals surface area contributed by atoms with Crippen molar-refractivity contribution < 1.29 is 9.53 Å². The lowest BCUT2D eigenvalue weighted by Crippen LogP contribution is -2.69. The molecule has 2 N–H and O–H groups in total. The van der Waals surface area contributed by atoms with Crippen LogP contribution in [0.25, 0.3) is 0 Å². The van der Waals surface area contributed by atoms with E-state index >= 15 is 0 Å². The molecule has 164 valence electrons. The number of hydrogen-bond donors (Lipinski definition) is 2. The first kappa shape index (κ1) is 25.4. The van der Waals surface area contributed by atoms with Gasteiger partial charge in [0.15, 0.2) is 5.96 Å². The molecule has 8 heteroatoms. The Morgan fingerprint density at radius 2 is 2.00 bits per heavy atom. The van der Waals surface area contributed by atoms with Crippen molar-refractivity contribution in [1.82, 2.24) is 20.4 Å². The molecular weight excluding hydrogens is 469 g/mol. The van der Waals surface area contributed by atoms with Crippen LogP contribution < -0.4 is 10.6 Å². The summed E-state index contributed by atoms with van der Waals surface area (Å²) in [6.07, 6.45) is 3.38. The molecule has 1 saturated heterocycles. The fourth-order valence-electron chi connectivity index (χ4n) is 4.09. The Morgan fingerprint density at radius 1 is 1.32 bits per heavy atom. The number of aliphatic imine (C=N–C) groups is 1. The van der Waals surface area contributed by atoms with Crippen LogP contribution in [0, 0.1) is 5.41 Å². The first-order chi connectivity index (χ1) is 12.6. The second-order valence-corrected chi connectivity index (χ2v) is 8.82. The van der Waals surface area contributed by atoms with Crippen molar-refractivity contribution in [3.63, 3.8) is 0 Å². The van der Waals surface area contributed by atoms with E-state index in [0.29, 0.717) is 6.04 Å². The fourth-order valence-corrected chi connectivity index (χ4v) is 4.09. The first-order valence-electron chi connectivity index (χ1n) is 10.2. The molecule has 0 radical (unpaired) electrons. The van der Waals surface area contributed by atoms with E-state index in [2.05, 4.69) is 48.2 Å². The number of likely N-dealkylation sites (tertiary alicyclic amines) is 1. The monoisotopic (exact) mass is 509 g/mol. The number of guanidine groups is 1. The molecule has 1 amide bonds. The van der Waals surface area contributed by atoms with Gasteiger partial charge in [-0.3, -0.25) is 9.69 Å². The van der Waals surface area contributed by atoms with Crippen molar-refractivity contribution in [2.24, 2.45) is 10.4 Å². The highest BCUT2D eigenvalue weighted by Gasteiger charge is 2.58. The van der Waals surface area contributed by atoms with Gasteiger partial charge in [0, 0.05) is 45.2 Å². The van der Waals surface area contributed by atoms with Gasteiger partial charge in [-0.05, 0) is 39.3 Å². The van der Waals surface area contributed by atoms with E-state index in [9.17, 15) is 4.79 Å². The summed E-state index contributed by atoms with van der Waals surface area (Å²) in [5.41, 5.74) is -0.155. The topological polar surface area (TPSA) is 69.2 Å². The molecular formula is C20H40IN5O2. The molecule has 0 aromatic carbocycles. The summed E-state index contributed by atoms with van der Waals surface area (Å²) in [6, 6.07) is 0.791. The molecule has 1 heterocycles. The van der Waals surface area contributed by atoms with Crippen molar-refractivity contribution in [3.8, 4) is 0 Å². The van der Waals surface area contributed by atoms with Crippen molar-refractivity contribution >= 4 is 35.8 Å². The quantitative estimate of drug-likeness (QED) is 0.312. The van der Waals surface area contributed by atoms with Gasteiger partial charge in [-0.2, -0.15) is 0 Å². The van der Waals surface area contributed by atoms with Gasteiger partial charge in [0.05, 0.1) is 5.60 Å². The third kappa shape index (κ3) is 5.50. The Balaban J connectivity index is 0.00000392. The average Bonchev–Trinajstić information content (AvgIpc) is 3.09. The van der Waals surface area contributed by atoms with Crippen LogP contribution in [0.5, 0.6) is 0 Å². The zero-order chi connectivity index (χ0) is 20.2. The Bertz CT molecular complexity index is 555. The van der Waals surface area contributed by atoms with E-state index in [4.69, 9.17) is 4.74 Å². The molecule has 0 aromatic heterocycles. The number of nitrogens with zero attached hydrogens (tertiary/aromatic N) is 3. The molecule has 2 aliphatic rings. The number of methoxy groups -OCH3 is 1. The molecule has 1 saturated carbocycles. The van der Waals surface area contributed by atoms with Crippen molar-refractivity contribution in [3.05, 3.63) is 0 Å². The maximum absolute atomic E-state index is 12.0. The minimum atomic E-state index is -0.139. The van der Waals surface area contributed by atoms with E-state index in [1.165, 1.54) is 19.4 Å². The summed E-state index contributed by atoms with van der Waals surface area (Å²) in [5, 5.41) is 7.04. The largest absolute Gasteiger partial charge is 0.378 e. The van der Waals surface area contributed by atoms with Gasteiger partial charge in [0.2, 0.25) is 5.91 Å². The molecule has 0 aromatic rings. The first-order valence-corrected chi connectivity index (χ1v) is 10.2. The summed E-state index contributed by atoms with van der Waals surface area (Å²) in [4.78, 5) is 20.6. The van der Waals surface area contributed by atoms with Crippen LogP contribution in [-0.2, 0) is 9.53 Å². The number of ether oxygens (including phenoxy) is 1. The minimum absolute atomic E-state index is 0. The standard InChI is InChI=1S/C20H39N5O2.HI/c1-8-25-11-9-10-15(25)13-21-18(22-14-17(26)24(5)6)23-16-12-20(4,27-7)19(16,2)3;/h15-16H,8-14H2,1-7H3,(H2,21,22,23);1H. The van der Waals surface area contributed by atoms with Gasteiger partial charge in [0.25, 0.3) is 0 Å². The second kappa shape index (κ2) is 10.4. The molecule has 2 rings (SSSR count). The van der Waals surface area contributed by atoms with Gasteiger partial charge in [-0.1, -0.05) is 20.8 Å². The van der Waals surface area contributed by atoms with Crippen molar-refractivity contribution in [2.45, 2.75) is 64.6 Å². The number of amides is 1. The Morgan fingerprint density at radius 3 is 2.54 bits per heavy atom. The number of hydrogen-bond acceptors (Lipinski definition) is 4. The predicted octanol–water partition coefficient (Wildman–Crippen LogP) is 1.92. The molecule has 0 bridgehead atoms. The smallest absolute Gasteiger partial charge is 0.243 e.